The zero-order chi connectivity index (χ0) is 18.1. The monoisotopic (exact) mass is 383 g/mol. The summed E-state index contributed by atoms with van der Waals surface area (Å²) in [4.78, 5) is 45.7. The Morgan fingerprint density at radius 2 is 2.32 bits per heavy atom. The van der Waals surface area contributed by atoms with Crippen molar-refractivity contribution in [3.63, 3.8) is 0 Å². The van der Waals surface area contributed by atoms with Gasteiger partial charge in [0.25, 0.3) is 11.8 Å². The Morgan fingerprint density at radius 3 is 2.92 bits per heavy atom. The van der Waals surface area contributed by atoms with E-state index in [1.807, 2.05) is 0 Å². The standard InChI is InChI=1S/C13H13N5O5S2/c1-23-17-8(5-2-25-13(14)15-5)10(19)16-9-6-3-24-4-7(12(21)22)18(6)11(9)20/h2,4,6,9H,3H2,1H3,(H2,14,15)(H,16,19)(H,21,22)/t6-,9+/m1/s1. The van der Waals surface area contributed by atoms with E-state index >= 15 is 0 Å². The van der Waals surface area contributed by atoms with E-state index < -0.39 is 29.9 Å². The molecule has 10 nitrogen and oxygen atoms in total. The molecule has 2 amide bonds. The molecule has 0 bridgehead atoms. The smallest absolute Gasteiger partial charge is 0.353 e. The largest absolute Gasteiger partial charge is 0.477 e. The summed E-state index contributed by atoms with van der Waals surface area (Å²) in [6.07, 6.45) is 0. The number of nitrogens with two attached hydrogens (primary N) is 1. The molecule has 2 aliphatic heterocycles. The summed E-state index contributed by atoms with van der Waals surface area (Å²) < 4.78 is 0. The number of nitrogens with one attached hydrogen (secondary N) is 1. The lowest BCUT2D eigenvalue weighted by molar-refractivity contribution is -0.153. The first-order valence-electron chi connectivity index (χ1n) is 6.95. The molecule has 3 heterocycles. The highest BCUT2D eigenvalue weighted by atomic mass is 32.2. The van der Waals surface area contributed by atoms with Crippen LogP contribution in [0.1, 0.15) is 5.69 Å². The van der Waals surface area contributed by atoms with E-state index in [4.69, 9.17) is 10.8 Å². The summed E-state index contributed by atoms with van der Waals surface area (Å²) in [5, 5.41) is 18.6. The molecule has 2 aliphatic rings. The number of thiazole rings is 1. The first-order valence-corrected chi connectivity index (χ1v) is 8.88. The quantitative estimate of drug-likeness (QED) is 0.348. The minimum absolute atomic E-state index is 0.0881. The van der Waals surface area contributed by atoms with E-state index in [0.717, 1.165) is 11.3 Å². The number of aromatic nitrogens is 1. The molecule has 25 heavy (non-hydrogen) atoms. The van der Waals surface area contributed by atoms with Crippen LogP contribution in [0.4, 0.5) is 5.13 Å². The van der Waals surface area contributed by atoms with Crippen LogP contribution in [0.3, 0.4) is 0 Å². The molecule has 2 atom stereocenters. The van der Waals surface area contributed by atoms with Crippen LogP contribution in [0.2, 0.25) is 0 Å². The summed E-state index contributed by atoms with van der Waals surface area (Å²) in [6.45, 7) is 0. The van der Waals surface area contributed by atoms with Crippen LogP contribution >= 0.6 is 23.1 Å². The third kappa shape index (κ3) is 3.05. The second kappa shape index (κ2) is 6.72. The van der Waals surface area contributed by atoms with Crippen LogP contribution in [0, 0.1) is 0 Å². The van der Waals surface area contributed by atoms with Gasteiger partial charge in [0.15, 0.2) is 10.8 Å². The predicted octanol–water partition coefficient (Wildman–Crippen LogP) is -0.556. The Morgan fingerprint density at radius 1 is 1.56 bits per heavy atom. The van der Waals surface area contributed by atoms with Gasteiger partial charge in [-0.3, -0.25) is 14.5 Å². The predicted molar refractivity (Wildman–Crippen MR) is 90.8 cm³/mol. The molecule has 0 aromatic carbocycles. The van der Waals surface area contributed by atoms with Crippen molar-refractivity contribution in [2.75, 3.05) is 18.6 Å². The molecule has 1 aromatic heterocycles. The number of amides is 2. The first kappa shape index (κ1) is 17.2. The highest BCUT2D eigenvalue weighted by Gasteiger charge is 2.52. The minimum Gasteiger partial charge on any atom is -0.477 e. The molecule has 4 N–H and O–H groups in total. The van der Waals surface area contributed by atoms with Gasteiger partial charge in [0.1, 0.15) is 24.5 Å². The number of aliphatic carboxylic acids is 1. The van der Waals surface area contributed by atoms with Gasteiger partial charge in [0, 0.05) is 16.5 Å². The van der Waals surface area contributed by atoms with E-state index in [0.29, 0.717) is 5.75 Å². The fourth-order valence-corrected chi connectivity index (χ4v) is 4.06. The van der Waals surface area contributed by atoms with Gasteiger partial charge in [-0.25, -0.2) is 9.78 Å². The Balaban J connectivity index is 1.75. The number of fused-ring (bicyclic) bond motifs is 1. The molecule has 0 saturated carbocycles. The number of carboxylic acids is 1. The van der Waals surface area contributed by atoms with Crippen LogP contribution in [-0.2, 0) is 19.2 Å². The second-order valence-corrected chi connectivity index (χ2v) is 6.85. The normalized spacial score (nSPS) is 22.6. The molecule has 132 valence electrons. The van der Waals surface area contributed by atoms with Crippen molar-refractivity contribution in [1.82, 2.24) is 15.2 Å². The Bertz CT molecular complexity index is 804. The number of carboxylic acid groups (broad SMARTS) is 1. The number of carbonyl (C=O) groups is 3. The van der Waals surface area contributed by atoms with Gasteiger partial charge in [0.05, 0.1) is 6.04 Å². The van der Waals surface area contributed by atoms with Crippen LogP contribution in [-0.4, -0.2) is 63.4 Å². The van der Waals surface area contributed by atoms with Gasteiger partial charge in [-0.15, -0.1) is 23.1 Å². The lowest BCUT2D eigenvalue weighted by Crippen LogP contribution is -2.72. The number of β-lactam (4-membered cyclic amide) rings is 1. The number of carbonyl (C=O) groups excluding carboxylic acids is 2. The topological polar surface area (TPSA) is 147 Å². The molecule has 12 heteroatoms. The molecule has 0 radical (unpaired) electrons. The Kier molecular flexibility index (Phi) is 4.63. The number of oxime groups is 1. The van der Waals surface area contributed by atoms with Crippen molar-refractivity contribution in [1.29, 1.82) is 0 Å². The average Bonchev–Trinajstić information content (AvgIpc) is 3.02. The first-order chi connectivity index (χ1) is 11.9. The number of hydrogen-bond donors (Lipinski definition) is 3. The molecule has 0 unspecified atom stereocenters. The maximum Gasteiger partial charge on any atom is 0.353 e. The Hall–Kier alpha value is -2.60. The van der Waals surface area contributed by atoms with E-state index in [9.17, 15) is 14.4 Å². The fraction of sp³-hybridized carbons (Fsp3) is 0.308. The van der Waals surface area contributed by atoms with Gasteiger partial charge in [-0.1, -0.05) is 5.16 Å². The zero-order valence-corrected chi connectivity index (χ0v) is 14.5. The lowest BCUT2D eigenvalue weighted by Gasteiger charge is -2.48. The van der Waals surface area contributed by atoms with Gasteiger partial charge < -0.3 is 21.0 Å². The van der Waals surface area contributed by atoms with Gasteiger partial charge in [-0.2, -0.15) is 0 Å². The van der Waals surface area contributed by atoms with E-state index in [2.05, 4.69) is 20.3 Å². The highest BCUT2D eigenvalue weighted by Crippen LogP contribution is 2.34. The minimum atomic E-state index is -1.19. The van der Waals surface area contributed by atoms with Crippen LogP contribution < -0.4 is 11.1 Å². The highest BCUT2D eigenvalue weighted by molar-refractivity contribution is 8.02. The number of rotatable bonds is 5. The molecular formula is C13H13N5O5S2. The van der Waals surface area contributed by atoms with E-state index in [1.165, 1.54) is 29.2 Å². The van der Waals surface area contributed by atoms with Gasteiger partial charge >= 0.3 is 5.97 Å². The van der Waals surface area contributed by atoms with Gasteiger partial charge in [-0.05, 0) is 0 Å². The van der Waals surface area contributed by atoms with E-state index in [1.54, 1.807) is 5.38 Å². The number of anilines is 1. The summed E-state index contributed by atoms with van der Waals surface area (Å²) in [6, 6.07) is -1.26. The maximum absolute atomic E-state index is 12.5. The van der Waals surface area contributed by atoms with Crippen molar-refractivity contribution in [3.05, 3.63) is 22.2 Å². The lowest BCUT2D eigenvalue weighted by atomic mass is 9.95. The second-order valence-electron chi connectivity index (χ2n) is 5.06. The number of thioether (sulfide) groups is 1. The molecule has 0 spiro atoms. The molecule has 1 saturated heterocycles. The Labute approximate surface area is 149 Å². The summed E-state index contributed by atoms with van der Waals surface area (Å²) in [5.74, 6) is -1.84. The summed E-state index contributed by atoms with van der Waals surface area (Å²) in [5.41, 5.74) is 5.59. The number of nitrogen functional groups attached to an aromatic ring is 1. The van der Waals surface area contributed by atoms with Crippen molar-refractivity contribution >= 4 is 51.7 Å². The third-order valence-electron chi connectivity index (χ3n) is 3.61. The zero-order valence-electron chi connectivity index (χ0n) is 12.8. The summed E-state index contributed by atoms with van der Waals surface area (Å²) >= 11 is 2.41. The number of nitrogens with zero attached hydrogens (tertiary/aromatic N) is 3. The third-order valence-corrected chi connectivity index (χ3v) is 5.21. The SMILES string of the molecule is CON=C(C(=O)N[C@@H]1C(=O)N2C(C(=O)O)=CSC[C@H]12)c1csc(N)n1. The van der Waals surface area contributed by atoms with Gasteiger partial charge in [0.2, 0.25) is 0 Å². The molecule has 1 fully saturated rings. The average molecular weight is 383 g/mol. The molecule has 3 rings (SSSR count). The van der Waals surface area contributed by atoms with Crippen molar-refractivity contribution in [3.8, 4) is 0 Å². The van der Waals surface area contributed by atoms with E-state index in [-0.39, 0.29) is 22.2 Å². The maximum atomic E-state index is 12.5. The molecule has 1 aromatic rings. The summed E-state index contributed by atoms with van der Waals surface area (Å²) in [7, 11) is 1.28. The molecular weight excluding hydrogens is 370 g/mol. The molecule has 0 aliphatic carbocycles. The fourth-order valence-electron chi connectivity index (χ4n) is 2.51. The number of hydrogen-bond acceptors (Lipinski definition) is 9. The van der Waals surface area contributed by atoms with Crippen LogP contribution in [0.5, 0.6) is 0 Å². The van der Waals surface area contributed by atoms with Crippen LogP contribution in [0.15, 0.2) is 21.6 Å². The van der Waals surface area contributed by atoms with Crippen molar-refractivity contribution < 1.29 is 24.3 Å². The van der Waals surface area contributed by atoms with Crippen LogP contribution in [0.25, 0.3) is 0 Å². The van der Waals surface area contributed by atoms with Crippen molar-refractivity contribution in [2.45, 2.75) is 12.1 Å². The van der Waals surface area contributed by atoms with Crippen molar-refractivity contribution in [2.24, 2.45) is 5.16 Å².